The number of rotatable bonds is 4. The number of pyridine rings is 1. The Bertz CT molecular complexity index is 1060. The molecule has 2 aromatic heterocycles. The van der Waals surface area contributed by atoms with E-state index >= 15 is 0 Å². The number of benzene rings is 2. The van der Waals surface area contributed by atoms with Crippen molar-refractivity contribution >= 4 is 16.6 Å². The van der Waals surface area contributed by atoms with Gasteiger partial charge in [-0.2, -0.15) is 5.10 Å². The fourth-order valence-electron chi connectivity index (χ4n) is 2.54. The third-order valence-electron chi connectivity index (χ3n) is 3.72. The molecule has 0 unspecified atom stereocenters. The number of nitrogens with zero attached hydrogens (tertiary/aromatic N) is 4. The number of fused-ring (bicyclic) bond motifs is 1. The number of nitro groups is 1. The minimum absolute atomic E-state index is 0.0372. The molecule has 0 aliphatic carbocycles. The van der Waals surface area contributed by atoms with Crippen LogP contribution in [0.2, 0.25) is 0 Å². The van der Waals surface area contributed by atoms with Gasteiger partial charge in [-0.3, -0.25) is 10.1 Å². The summed E-state index contributed by atoms with van der Waals surface area (Å²) in [5.74, 6) is 0.423. The van der Waals surface area contributed by atoms with Crippen molar-refractivity contribution in [1.82, 2.24) is 14.8 Å². The lowest BCUT2D eigenvalue weighted by molar-refractivity contribution is -0.386. The molecule has 2 aromatic carbocycles. The lowest BCUT2D eigenvalue weighted by Crippen LogP contribution is -1.97. The van der Waals surface area contributed by atoms with Crippen LogP contribution < -0.4 is 4.74 Å². The van der Waals surface area contributed by atoms with Gasteiger partial charge in [-0.05, 0) is 36.4 Å². The molecule has 0 radical (unpaired) electrons. The van der Waals surface area contributed by atoms with Crippen molar-refractivity contribution in [3.8, 4) is 17.3 Å². The molecule has 7 heteroatoms. The van der Waals surface area contributed by atoms with Gasteiger partial charge in [0.15, 0.2) is 0 Å². The number of aromatic nitrogens is 3. The van der Waals surface area contributed by atoms with E-state index in [1.807, 2.05) is 41.1 Å². The first kappa shape index (κ1) is 14.8. The summed E-state index contributed by atoms with van der Waals surface area (Å²) in [5, 5.41) is 16.5. The lowest BCUT2D eigenvalue weighted by atomic mass is 10.2. The maximum absolute atomic E-state index is 11.0. The van der Waals surface area contributed by atoms with E-state index in [1.165, 1.54) is 18.3 Å². The van der Waals surface area contributed by atoms with Crippen molar-refractivity contribution in [2.45, 2.75) is 0 Å². The van der Waals surface area contributed by atoms with Crippen molar-refractivity contribution in [1.29, 1.82) is 0 Å². The number of para-hydroxylation sites is 1. The van der Waals surface area contributed by atoms with E-state index in [-0.39, 0.29) is 11.6 Å². The van der Waals surface area contributed by atoms with E-state index in [0.29, 0.717) is 5.75 Å². The third kappa shape index (κ3) is 2.78. The molecule has 0 N–H and O–H groups in total. The molecular weight excluding hydrogens is 320 g/mol. The monoisotopic (exact) mass is 332 g/mol. The third-order valence-corrected chi connectivity index (χ3v) is 3.72. The maximum atomic E-state index is 11.0. The Kier molecular flexibility index (Phi) is 3.59. The summed E-state index contributed by atoms with van der Waals surface area (Å²) >= 11 is 0. The van der Waals surface area contributed by atoms with Crippen LogP contribution in [0.3, 0.4) is 0 Å². The summed E-state index contributed by atoms with van der Waals surface area (Å²) in [6.07, 6.45) is 3.25. The van der Waals surface area contributed by atoms with Crippen molar-refractivity contribution in [2.75, 3.05) is 0 Å². The average molecular weight is 332 g/mol. The van der Waals surface area contributed by atoms with Crippen LogP contribution in [0.5, 0.6) is 11.6 Å². The molecule has 2 heterocycles. The largest absolute Gasteiger partial charge is 0.434 e. The molecule has 0 spiro atoms. The lowest BCUT2D eigenvalue weighted by Gasteiger charge is -2.07. The molecule has 0 saturated carbocycles. The molecule has 4 aromatic rings. The topological polar surface area (TPSA) is 83.1 Å². The molecule has 0 aliphatic heterocycles. The number of hydrogen-bond acceptors (Lipinski definition) is 5. The van der Waals surface area contributed by atoms with Crippen LogP contribution in [-0.2, 0) is 0 Å². The van der Waals surface area contributed by atoms with Gasteiger partial charge in [-0.15, -0.1) is 0 Å². The highest BCUT2D eigenvalue weighted by Gasteiger charge is 2.16. The minimum atomic E-state index is -0.521. The van der Waals surface area contributed by atoms with E-state index in [9.17, 15) is 10.1 Å². The molecular formula is C18H12N4O3. The summed E-state index contributed by atoms with van der Waals surface area (Å²) in [6.45, 7) is 0. The van der Waals surface area contributed by atoms with Gasteiger partial charge in [0.2, 0.25) is 0 Å². The zero-order valence-electron chi connectivity index (χ0n) is 12.9. The van der Waals surface area contributed by atoms with Crippen LogP contribution in [0.25, 0.3) is 16.6 Å². The second-order valence-electron chi connectivity index (χ2n) is 5.30. The Morgan fingerprint density at radius 2 is 1.80 bits per heavy atom. The Hall–Kier alpha value is -3.74. The fraction of sp³-hybridized carbons (Fsp3) is 0. The first-order valence-corrected chi connectivity index (χ1v) is 7.53. The van der Waals surface area contributed by atoms with E-state index in [0.717, 1.165) is 16.6 Å². The molecule has 122 valence electrons. The molecule has 0 amide bonds. The molecule has 0 bridgehead atoms. The Morgan fingerprint density at radius 3 is 2.60 bits per heavy atom. The highest BCUT2D eigenvalue weighted by Crippen LogP contribution is 2.29. The van der Waals surface area contributed by atoms with Crippen LogP contribution in [0.4, 0.5) is 5.69 Å². The van der Waals surface area contributed by atoms with E-state index in [4.69, 9.17) is 4.74 Å². The van der Waals surface area contributed by atoms with Crippen LogP contribution in [0.15, 0.2) is 73.1 Å². The normalized spacial score (nSPS) is 10.7. The van der Waals surface area contributed by atoms with Gasteiger partial charge in [0.05, 0.1) is 22.3 Å². The molecule has 0 saturated heterocycles. The van der Waals surface area contributed by atoms with E-state index in [1.54, 1.807) is 18.3 Å². The standard InChI is InChI=1S/C18H12N4O3/c23-22(24)17-6-3-11-19-18(17)25-15-9-7-14(8-10-15)21-16-5-2-1-4-13(16)12-20-21/h1-12H. The summed E-state index contributed by atoms with van der Waals surface area (Å²) in [7, 11) is 0. The first-order chi connectivity index (χ1) is 12.2. The van der Waals surface area contributed by atoms with Gasteiger partial charge in [0.1, 0.15) is 5.75 Å². The predicted octanol–water partition coefficient (Wildman–Crippen LogP) is 4.12. The zero-order valence-corrected chi connectivity index (χ0v) is 12.9. The Labute approximate surface area is 142 Å². The maximum Gasteiger partial charge on any atom is 0.331 e. The van der Waals surface area contributed by atoms with Gasteiger partial charge in [-0.25, -0.2) is 9.67 Å². The van der Waals surface area contributed by atoms with Crippen LogP contribution in [0.1, 0.15) is 0 Å². The van der Waals surface area contributed by atoms with Gasteiger partial charge in [-0.1, -0.05) is 18.2 Å². The zero-order chi connectivity index (χ0) is 17.2. The van der Waals surface area contributed by atoms with E-state index < -0.39 is 4.92 Å². The van der Waals surface area contributed by atoms with Gasteiger partial charge in [0.25, 0.3) is 5.88 Å². The van der Waals surface area contributed by atoms with Crippen molar-refractivity contribution in [3.05, 3.63) is 83.2 Å². The summed E-state index contributed by atoms with van der Waals surface area (Å²) < 4.78 is 7.37. The Morgan fingerprint density at radius 1 is 1.00 bits per heavy atom. The van der Waals surface area contributed by atoms with Crippen molar-refractivity contribution in [2.24, 2.45) is 0 Å². The summed E-state index contributed by atoms with van der Waals surface area (Å²) in [5.41, 5.74) is 1.69. The molecule has 25 heavy (non-hydrogen) atoms. The van der Waals surface area contributed by atoms with Crippen LogP contribution >= 0.6 is 0 Å². The highest BCUT2D eigenvalue weighted by molar-refractivity contribution is 5.80. The smallest absolute Gasteiger partial charge is 0.331 e. The molecule has 7 nitrogen and oxygen atoms in total. The fourth-order valence-corrected chi connectivity index (χ4v) is 2.54. The second-order valence-corrected chi connectivity index (χ2v) is 5.30. The van der Waals surface area contributed by atoms with Crippen LogP contribution in [0, 0.1) is 10.1 Å². The summed E-state index contributed by atoms with van der Waals surface area (Å²) in [4.78, 5) is 14.4. The minimum Gasteiger partial charge on any atom is -0.434 e. The Balaban J connectivity index is 1.64. The molecule has 4 rings (SSSR count). The summed E-state index contributed by atoms with van der Waals surface area (Å²) in [6, 6.07) is 17.9. The van der Waals surface area contributed by atoms with E-state index in [2.05, 4.69) is 10.1 Å². The van der Waals surface area contributed by atoms with Crippen molar-refractivity contribution in [3.63, 3.8) is 0 Å². The quantitative estimate of drug-likeness (QED) is 0.414. The second kappa shape index (κ2) is 6.04. The average Bonchev–Trinajstić information content (AvgIpc) is 3.07. The molecule has 0 aliphatic rings. The van der Waals surface area contributed by atoms with Gasteiger partial charge >= 0.3 is 5.69 Å². The molecule has 0 atom stereocenters. The number of ether oxygens (including phenoxy) is 1. The predicted molar refractivity (Wildman–Crippen MR) is 92.0 cm³/mol. The van der Waals surface area contributed by atoms with Crippen LogP contribution in [-0.4, -0.2) is 19.7 Å². The van der Waals surface area contributed by atoms with Gasteiger partial charge in [0, 0.05) is 17.6 Å². The van der Waals surface area contributed by atoms with Gasteiger partial charge < -0.3 is 4.74 Å². The SMILES string of the molecule is O=[N+]([O-])c1cccnc1Oc1ccc(-n2ncc3ccccc32)cc1. The highest BCUT2D eigenvalue weighted by atomic mass is 16.6. The number of hydrogen-bond donors (Lipinski definition) is 0. The van der Waals surface area contributed by atoms with Crippen molar-refractivity contribution < 1.29 is 9.66 Å². The first-order valence-electron chi connectivity index (χ1n) is 7.53. The molecule has 0 fully saturated rings.